The highest BCUT2D eigenvalue weighted by Gasteiger charge is 2.15. The van der Waals surface area contributed by atoms with Crippen LogP contribution in [-0.2, 0) is 16.0 Å². The molecule has 5 heteroatoms. The quantitative estimate of drug-likeness (QED) is 0.712. The lowest BCUT2D eigenvalue weighted by molar-refractivity contribution is -0.136. The van der Waals surface area contributed by atoms with Gasteiger partial charge in [0.1, 0.15) is 12.4 Å². The van der Waals surface area contributed by atoms with E-state index >= 15 is 0 Å². The Morgan fingerprint density at radius 1 is 1.14 bits per heavy atom. The van der Waals surface area contributed by atoms with Crippen molar-refractivity contribution in [3.05, 3.63) is 64.7 Å². The maximum atomic E-state index is 10.7. The first-order chi connectivity index (χ1) is 13.5. The summed E-state index contributed by atoms with van der Waals surface area (Å²) in [6, 6.07) is 14.3. The van der Waals surface area contributed by atoms with Crippen molar-refractivity contribution in [1.82, 2.24) is 0 Å². The van der Waals surface area contributed by atoms with E-state index in [4.69, 9.17) is 14.6 Å². The Morgan fingerprint density at radius 3 is 2.61 bits per heavy atom. The average molecular weight is 398 g/mol. The lowest BCUT2D eigenvalue weighted by atomic mass is 9.95. The van der Waals surface area contributed by atoms with Crippen LogP contribution in [0.1, 0.15) is 36.0 Å². The third kappa shape index (κ3) is 5.67. The summed E-state index contributed by atoms with van der Waals surface area (Å²) >= 11 is 0. The van der Waals surface area contributed by atoms with E-state index in [2.05, 4.69) is 34.4 Å². The van der Waals surface area contributed by atoms with Gasteiger partial charge in [0.05, 0.1) is 13.2 Å². The number of hydrogen-bond donors (Lipinski definition) is 1. The van der Waals surface area contributed by atoms with Crippen LogP contribution in [-0.4, -0.2) is 30.9 Å². The van der Waals surface area contributed by atoms with Crippen LogP contribution in [0.15, 0.2) is 48.0 Å². The number of aryl methyl sites for hydroxylation is 2. The molecule has 1 aliphatic rings. The molecule has 1 N–H and O–H groups in total. The molecule has 148 valence electrons. The van der Waals surface area contributed by atoms with Gasteiger partial charge in [0.15, 0.2) is 0 Å². The van der Waals surface area contributed by atoms with Gasteiger partial charge in [-0.25, -0.2) is 0 Å². The molecule has 4 nitrogen and oxygen atoms in total. The molecular formula is C23H27O4P. The van der Waals surface area contributed by atoms with E-state index in [0.717, 1.165) is 37.4 Å². The minimum Gasteiger partial charge on any atom is -0.489 e. The monoisotopic (exact) mass is 398 g/mol. The molecule has 28 heavy (non-hydrogen) atoms. The molecule has 1 heterocycles. The van der Waals surface area contributed by atoms with Crippen LogP contribution in [0.5, 0.6) is 5.75 Å². The summed E-state index contributed by atoms with van der Waals surface area (Å²) in [5.74, 6) is 0.0202. The third-order valence-corrected chi connectivity index (χ3v) is 5.69. The van der Waals surface area contributed by atoms with Crippen LogP contribution in [0.3, 0.4) is 0 Å². The number of benzene rings is 2. The van der Waals surface area contributed by atoms with E-state index in [9.17, 15) is 4.79 Å². The summed E-state index contributed by atoms with van der Waals surface area (Å²) in [4.78, 5) is 10.7. The second kappa shape index (κ2) is 9.86. The van der Waals surface area contributed by atoms with E-state index in [-0.39, 0.29) is 6.42 Å². The van der Waals surface area contributed by atoms with Gasteiger partial charge in [-0.1, -0.05) is 24.3 Å². The third-order valence-electron chi connectivity index (χ3n) is 5.06. The van der Waals surface area contributed by atoms with Crippen molar-refractivity contribution in [2.45, 2.75) is 32.6 Å². The van der Waals surface area contributed by atoms with Gasteiger partial charge < -0.3 is 14.6 Å². The minimum absolute atomic E-state index is 0.144. The highest BCUT2D eigenvalue weighted by molar-refractivity contribution is 7.27. The maximum Gasteiger partial charge on any atom is 0.303 e. The van der Waals surface area contributed by atoms with Crippen molar-refractivity contribution in [1.29, 1.82) is 0 Å². The molecule has 2 aromatic carbocycles. The molecule has 0 aliphatic carbocycles. The summed E-state index contributed by atoms with van der Waals surface area (Å²) in [6.07, 6.45) is 2.43. The van der Waals surface area contributed by atoms with Gasteiger partial charge in [-0.3, -0.25) is 4.79 Å². The predicted octanol–water partition coefficient (Wildman–Crippen LogP) is 4.16. The molecule has 0 amide bonds. The van der Waals surface area contributed by atoms with Crippen molar-refractivity contribution < 1.29 is 19.4 Å². The molecule has 3 rings (SSSR count). The molecule has 0 saturated heterocycles. The van der Waals surface area contributed by atoms with Crippen LogP contribution < -0.4 is 10.0 Å². The second-order valence-electron chi connectivity index (χ2n) is 7.09. The number of aliphatic carboxylic acids is 1. The largest absolute Gasteiger partial charge is 0.489 e. The standard InChI is InChI=1S/C23H27O4P/c1-16-2-6-18(14-22(16)28)21-11-13-26-12-10-19(21)15-27-20-7-3-17(4-8-20)5-9-23(24)25/h2-4,6-8,14H,5,9-13,15,28H2,1H3,(H,24,25). The number of hydrogen-bond acceptors (Lipinski definition) is 3. The first-order valence-corrected chi connectivity index (χ1v) is 10.2. The zero-order valence-electron chi connectivity index (χ0n) is 16.2. The van der Waals surface area contributed by atoms with Crippen molar-refractivity contribution in [2.24, 2.45) is 0 Å². The lowest BCUT2D eigenvalue weighted by Gasteiger charge is -2.15. The molecule has 0 aromatic heterocycles. The Kier molecular flexibility index (Phi) is 7.24. The Hall–Kier alpha value is -2.16. The molecular weight excluding hydrogens is 371 g/mol. The van der Waals surface area contributed by atoms with Gasteiger partial charge in [0, 0.05) is 6.42 Å². The average Bonchev–Trinajstić information content (AvgIpc) is 2.93. The van der Waals surface area contributed by atoms with Gasteiger partial charge in [-0.05, 0) is 77.5 Å². The predicted molar refractivity (Wildman–Crippen MR) is 115 cm³/mol. The van der Waals surface area contributed by atoms with Crippen LogP contribution in [0.2, 0.25) is 0 Å². The highest BCUT2D eigenvalue weighted by Crippen LogP contribution is 2.28. The first kappa shape index (κ1) is 20.6. The Bertz CT molecular complexity index is 855. The van der Waals surface area contributed by atoms with Crippen LogP contribution in [0.25, 0.3) is 5.57 Å². The SMILES string of the molecule is Cc1ccc(C2=C(COc3ccc(CCC(=O)O)cc3)CCOCC2)cc1P. The number of rotatable bonds is 7. The number of carboxylic acid groups (broad SMARTS) is 1. The smallest absolute Gasteiger partial charge is 0.303 e. The fraction of sp³-hybridized carbons (Fsp3) is 0.348. The molecule has 0 fully saturated rings. The Balaban J connectivity index is 1.72. The van der Waals surface area contributed by atoms with Crippen molar-refractivity contribution in [2.75, 3.05) is 19.8 Å². The normalized spacial score (nSPS) is 14.6. The first-order valence-electron chi connectivity index (χ1n) is 9.61. The number of carbonyl (C=O) groups is 1. The van der Waals surface area contributed by atoms with Gasteiger partial charge in [0.2, 0.25) is 0 Å². The van der Waals surface area contributed by atoms with Crippen molar-refractivity contribution >= 4 is 26.1 Å². The minimum atomic E-state index is -0.778. The van der Waals surface area contributed by atoms with E-state index in [1.807, 2.05) is 24.3 Å². The fourth-order valence-electron chi connectivity index (χ4n) is 3.31. The Morgan fingerprint density at radius 2 is 1.89 bits per heavy atom. The van der Waals surface area contributed by atoms with E-state index in [1.54, 1.807) is 0 Å². The highest BCUT2D eigenvalue weighted by atomic mass is 31.0. The van der Waals surface area contributed by atoms with E-state index < -0.39 is 5.97 Å². The van der Waals surface area contributed by atoms with Gasteiger partial charge in [-0.2, -0.15) is 0 Å². The zero-order valence-corrected chi connectivity index (χ0v) is 17.4. The lowest BCUT2D eigenvalue weighted by Crippen LogP contribution is -2.06. The van der Waals surface area contributed by atoms with Crippen molar-refractivity contribution in [3.8, 4) is 5.75 Å². The van der Waals surface area contributed by atoms with Gasteiger partial charge in [-0.15, -0.1) is 9.24 Å². The molecule has 0 radical (unpaired) electrons. The molecule has 0 saturated carbocycles. The molecule has 0 spiro atoms. The molecule has 2 aromatic rings. The topological polar surface area (TPSA) is 55.8 Å². The van der Waals surface area contributed by atoms with Crippen LogP contribution in [0, 0.1) is 6.92 Å². The summed E-state index contributed by atoms with van der Waals surface area (Å²) in [5.41, 5.74) is 6.11. The van der Waals surface area contributed by atoms with Crippen LogP contribution in [0.4, 0.5) is 0 Å². The Labute approximate surface area is 168 Å². The van der Waals surface area contributed by atoms with Crippen LogP contribution >= 0.6 is 9.24 Å². The molecule has 1 atom stereocenters. The molecule has 1 aliphatic heterocycles. The fourth-order valence-corrected chi connectivity index (χ4v) is 3.59. The maximum absolute atomic E-state index is 10.7. The van der Waals surface area contributed by atoms with Gasteiger partial charge >= 0.3 is 5.97 Å². The zero-order chi connectivity index (χ0) is 19.9. The molecule has 0 bridgehead atoms. The summed E-state index contributed by atoms with van der Waals surface area (Å²) in [7, 11) is 2.81. The summed E-state index contributed by atoms with van der Waals surface area (Å²) < 4.78 is 11.7. The van der Waals surface area contributed by atoms with Crippen molar-refractivity contribution in [3.63, 3.8) is 0 Å². The second-order valence-corrected chi connectivity index (χ2v) is 7.71. The summed E-state index contributed by atoms with van der Waals surface area (Å²) in [6.45, 7) is 4.10. The number of carboxylic acids is 1. The van der Waals surface area contributed by atoms with E-state index in [1.165, 1.54) is 27.6 Å². The van der Waals surface area contributed by atoms with E-state index in [0.29, 0.717) is 13.0 Å². The number of ether oxygens (including phenoxy) is 2. The summed E-state index contributed by atoms with van der Waals surface area (Å²) in [5, 5.41) is 10.0. The van der Waals surface area contributed by atoms with Gasteiger partial charge in [0.25, 0.3) is 0 Å². The molecule has 1 unspecified atom stereocenters.